The quantitative estimate of drug-likeness (QED) is 0.694. The minimum Gasteiger partial charge on any atom is -0.506 e. The minimum absolute atomic E-state index is 0.0868. The van der Waals surface area contributed by atoms with Crippen molar-refractivity contribution in [3.8, 4) is 5.75 Å². The van der Waals surface area contributed by atoms with Crippen LogP contribution in [0.2, 0.25) is 0 Å². The molecule has 84 valence electrons. The number of fused-ring (bicyclic) bond motifs is 1. The van der Waals surface area contributed by atoms with Gasteiger partial charge in [-0.05, 0) is 25.0 Å². The molecule has 1 aromatic rings. The Labute approximate surface area is 93.9 Å². The Morgan fingerprint density at radius 3 is 2.88 bits per heavy atom. The van der Waals surface area contributed by atoms with Gasteiger partial charge in [-0.1, -0.05) is 6.07 Å². The molecule has 1 aliphatic carbocycles. The lowest BCUT2D eigenvalue weighted by Crippen LogP contribution is -2.31. The summed E-state index contributed by atoms with van der Waals surface area (Å²) in [6.07, 6.45) is 1.88. The highest BCUT2D eigenvalue weighted by atomic mass is 16.3. The normalized spacial score (nSPS) is 21.3. The second-order valence-electron chi connectivity index (χ2n) is 4.76. The fourth-order valence-corrected chi connectivity index (χ4v) is 2.43. The highest BCUT2D eigenvalue weighted by Gasteiger charge is 2.52. The van der Waals surface area contributed by atoms with E-state index in [-0.39, 0.29) is 17.1 Å². The summed E-state index contributed by atoms with van der Waals surface area (Å²) in [5, 5.41) is 12.7. The Morgan fingerprint density at radius 1 is 1.44 bits per heavy atom. The summed E-state index contributed by atoms with van der Waals surface area (Å²) in [6, 6.07) is 5.21. The number of benzene rings is 1. The van der Waals surface area contributed by atoms with Gasteiger partial charge in [0.05, 0.1) is 11.1 Å². The Balaban J connectivity index is 2.10. The smallest absolute Gasteiger partial charge is 0.232 e. The van der Waals surface area contributed by atoms with E-state index in [0.717, 1.165) is 18.5 Å². The van der Waals surface area contributed by atoms with Gasteiger partial charge in [0.15, 0.2) is 0 Å². The highest BCUT2D eigenvalue weighted by Crippen LogP contribution is 2.51. The number of hydrogen-bond donors (Lipinski definition) is 2. The van der Waals surface area contributed by atoms with Crippen LogP contribution in [0, 0.1) is 5.41 Å². The maximum Gasteiger partial charge on any atom is 0.232 e. The molecule has 0 unspecified atom stereocenters. The summed E-state index contributed by atoms with van der Waals surface area (Å²) < 4.78 is 0. The molecule has 1 aliphatic heterocycles. The molecule has 16 heavy (non-hydrogen) atoms. The first kappa shape index (κ1) is 9.51. The van der Waals surface area contributed by atoms with E-state index in [1.807, 2.05) is 18.0 Å². The van der Waals surface area contributed by atoms with Gasteiger partial charge in [-0.25, -0.2) is 0 Å². The maximum absolute atomic E-state index is 12.0. The highest BCUT2D eigenvalue weighted by molar-refractivity contribution is 6.02. The van der Waals surface area contributed by atoms with E-state index < -0.39 is 0 Å². The van der Waals surface area contributed by atoms with Crippen molar-refractivity contribution in [3.63, 3.8) is 0 Å². The number of rotatable bonds is 0. The van der Waals surface area contributed by atoms with E-state index in [0.29, 0.717) is 12.2 Å². The summed E-state index contributed by atoms with van der Waals surface area (Å²) in [4.78, 5) is 14.0. The summed E-state index contributed by atoms with van der Waals surface area (Å²) in [5.41, 5.74) is 1.20. The average Bonchev–Trinajstić information content (AvgIpc) is 2.98. The van der Waals surface area contributed by atoms with Crippen molar-refractivity contribution in [3.05, 3.63) is 18.2 Å². The molecular weight excluding hydrogens is 204 g/mol. The van der Waals surface area contributed by atoms with Crippen molar-refractivity contribution in [2.45, 2.75) is 12.8 Å². The number of amides is 1. The van der Waals surface area contributed by atoms with Crippen LogP contribution in [0.4, 0.5) is 11.4 Å². The number of carbonyl (C=O) groups is 1. The van der Waals surface area contributed by atoms with Crippen LogP contribution >= 0.6 is 0 Å². The molecule has 0 bridgehead atoms. The standard InChI is InChI=1S/C12H14N2O2/c1-14-7-12(5-6-12)11(16)13-8-3-2-4-9(15)10(8)14/h2-4,15H,5-7H2,1H3,(H,13,16). The second kappa shape index (κ2) is 2.90. The van der Waals surface area contributed by atoms with Gasteiger partial charge in [0.25, 0.3) is 0 Å². The molecule has 1 amide bonds. The predicted octanol–water partition coefficient (Wildman–Crippen LogP) is 1.56. The Kier molecular flexibility index (Phi) is 1.73. The van der Waals surface area contributed by atoms with Crippen molar-refractivity contribution in [2.75, 3.05) is 23.8 Å². The van der Waals surface area contributed by atoms with Crippen molar-refractivity contribution >= 4 is 17.3 Å². The zero-order valence-electron chi connectivity index (χ0n) is 9.16. The molecule has 2 aliphatic rings. The van der Waals surface area contributed by atoms with Crippen LogP contribution in [0.1, 0.15) is 12.8 Å². The van der Waals surface area contributed by atoms with Gasteiger partial charge in [-0.3, -0.25) is 4.79 Å². The maximum atomic E-state index is 12.0. The molecule has 0 radical (unpaired) electrons. The second-order valence-corrected chi connectivity index (χ2v) is 4.76. The van der Waals surface area contributed by atoms with E-state index in [2.05, 4.69) is 5.32 Å². The molecule has 2 N–H and O–H groups in total. The first-order chi connectivity index (χ1) is 7.62. The van der Waals surface area contributed by atoms with Crippen LogP contribution in [0.15, 0.2) is 18.2 Å². The number of phenolic OH excluding ortho intramolecular Hbond substituents is 1. The molecule has 1 aromatic carbocycles. The summed E-state index contributed by atoms with van der Waals surface area (Å²) in [6.45, 7) is 0.684. The number of carbonyl (C=O) groups excluding carboxylic acids is 1. The zero-order chi connectivity index (χ0) is 11.3. The zero-order valence-corrected chi connectivity index (χ0v) is 9.16. The van der Waals surface area contributed by atoms with E-state index in [1.54, 1.807) is 12.1 Å². The fraction of sp³-hybridized carbons (Fsp3) is 0.417. The molecule has 1 heterocycles. The van der Waals surface area contributed by atoms with Crippen LogP contribution in [-0.4, -0.2) is 24.6 Å². The van der Waals surface area contributed by atoms with Crippen LogP contribution in [0.5, 0.6) is 5.75 Å². The monoisotopic (exact) mass is 218 g/mol. The number of nitrogens with zero attached hydrogens (tertiary/aromatic N) is 1. The van der Waals surface area contributed by atoms with E-state index in [1.165, 1.54) is 0 Å². The third-order valence-electron chi connectivity index (χ3n) is 3.52. The summed E-state index contributed by atoms with van der Waals surface area (Å²) in [7, 11) is 1.92. The molecule has 1 spiro atoms. The molecule has 4 nitrogen and oxygen atoms in total. The van der Waals surface area contributed by atoms with E-state index in [9.17, 15) is 9.90 Å². The lowest BCUT2D eigenvalue weighted by atomic mass is 10.1. The number of nitrogens with one attached hydrogen (secondary N) is 1. The van der Waals surface area contributed by atoms with Gasteiger partial charge in [-0.2, -0.15) is 0 Å². The first-order valence-corrected chi connectivity index (χ1v) is 5.47. The predicted molar refractivity (Wildman–Crippen MR) is 61.7 cm³/mol. The SMILES string of the molecule is CN1CC2(CC2)C(=O)Nc2cccc(O)c21. The van der Waals surface area contributed by atoms with Gasteiger partial charge in [0.1, 0.15) is 11.4 Å². The van der Waals surface area contributed by atoms with Crippen molar-refractivity contribution in [2.24, 2.45) is 5.41 Å². The van der Waals surface area contributed by atoms with Crippen LogP contribution in [0.25, 0.3) is 0 Å². The molecule has 0 aromatic heterocycles. The minimum atomic E-state index is -0.222. The third-order valence-corrected chi connectivity index (χ3v) is 3.52. The van der Waals surface area contributed by atoms with Crippen molar-refractivity contribution in [1.82, 2.24) is 0 Å². The third kappa shape index (κ3) is 1.19. The van der Waals surface area contributed by atoms with Gasteiger partial charge in [0.2, 0.25) is 5.91 Å². The van der Waals surface area contributed by atoms with Crippen LogP contribution in [0.3, 0.4) is 0 Å². The summed E-state index contributed by atoms with van der Waals surface area (Å²) >= 11 is 0. The number of aromatic hydroxyl groups is 1. The number of anilines is 2. The molecule has 3 rings (SSSR count). The summed E-state index contributed by atoms with van der Waals surface area (Å²) in [5.74, 6) is 0.307. The van der Waals surface area contributed by atoms with Gasteiger partial charge < -0.3 is 15.3 Å². The molecular formula is C12H14N2O2. The lowest BCUT2D eigenvalue weighted by Gasteiger charge is -2.21. The molecule has 4 heteroatoms. The average molecular weight is 218 g/mol. The van der Waals surface area contributed by atoms with E-state index >= 15 is 0 Å². The van der Waals surface area contributed by atoms with Gasteiger partial charge in [-0.15, -0.1) is 0 Å². The molecule has 1 fully saturated rings. The Bertz CT molecular complexity index is 466. The molecule has 0 atom stereocenters. The van der Waals surface area contributed by atoms with Gasteiger partial charge >= 0.3 is 0 Å². The first-order valence-electron chi connectivity index (χ1n) is 5.47. The van der Waals surface area contributed by atoms with Crippen molar-refractivity contribution in [1.29, 1.82) is 0 Å². The molecule has 1 saturated carbocycles. The number of phenols is 1. The molecule has 0 saturated heterocycles. The van der Waals surface area contributed by atoms with Crippen molar-refractivity contribution < 1.29 is 9.90 Å². The number of para-hydroxylation sites is 1. The van der Waals surface area contributed by atoms with Crippen LogP contribution < -0.4 is 10.2 Å². The van der Waals surface area contributed by atoms with Gasteiger partial charge in [0, 0.05) is 13.6 Å². The topological polar surface area (TPSA) is 52.6 Å². The fourth-order valence-electron chi connectivity index (χ4n) is 2.43. The number of hydrogen-bond acceptors (Lipinski definition) is 3. The van der Waals surface area contributed by atoms with Crippen LogP contribution in [-0.2, 0) is 4.79 Å². The van der Waals surface area contributed by atoms with E-state index in [4.69, 9.17) is 0 Å². The Hall–Kier alpha value is -1.71. The Morgan fingerprint density at radius 2 is 2.19 bits per heavy atom. The lowest BCUT2D eigenvalue weighted by molar-refractivity contribution is -0.120. The largest absolute Gasteiger partial charge is 0.506 e.